The van der Waals surface area contributed by atoms with E-state index in [0.29, 0.717) is 0 Å². The fraction of sp³-hybridized carbons (Fsp3) is 1.00. The van der Waals surface area contributed by atoms with E-state index in [0.717, 1.165) is 11.8 Å². The summed E-state index contributed by atoms with van der Waals surface area (Å²) in [6.45, 7) is 0. The summed E-state index contributed by atoms with van der Waals surface area (Å²) in [5.41, 5.74) is 0. The third-order valence-electron chi connectivity index (χ3n) is 4.37. The van der Waals surface area contributed by atoms with E-state index in [-0.39, 0.29) is 0 Å². The van der Waals surface area contributed by atoms with Crippen LogP contribution < -0.4 is 0 Å². The standard InChI is InChI=1S/C13H26O2Si/c1-14-16(15-2,11-13-8-9-13)10-12-6-4-3-5-7-12/h12-13H,3-11H2,1-2H3. The van der Waals surface area contributed by atoms with Gasteiger partial charge < -0.3 is 8.85 Å². The van der Waals surface area contributed by atoms with Crippen LogP contribution in [-0.4, -0.2) is 22.8 Å². The van der Waals surface area contributed by atoms with Gasteiger partial charge in [-0.15, -0.1) is 0 Å². The lowest BCUT2D eigenvalue weighted by atomic mass is 9.91. The first-order valence-electron chi connectivity index (χ1n) is 6.88. The minimum atomic E-state index is -1.83. The second-order valence-corrected chi connectivity index (χ2v) is 9.13. The third kappa shape index (κ3) is 3.31. The van der Waals surface area contributed by atoms with E-state index in [1.165, 1.54) is 57.0 Å². The average Bonchev–Trinajstić information content (AvgIpc) is 3.13. The van der Waals surface area contributed by atoms with Crippen molar-refractivity contribution < 1.29 is 8.85 Å². The van der Waals surface area contributed by atoms with Gasteiger partial charge in [-0.1, -0.05) is 44.9 Å². The van der Waals surface area contributed by atoms with Gasteiger partial charge in [0, 0.05) is 14.2 Å². The first kappa shape index (κ1) is 12.6. The number of rotatable bonds is 6. The minimum Gasteiger partial charge on any atom is -0.398 e. The van der Waals surface area contributed by atoms with Crippen molar-refractivity contribution in [3.8, 4) is 0 Å². The van der Waals surface area contributed by atoms with E-state index in [2.05, 4.69) is 0 Å². The van der Waals surface area contributed by atoms with E-state index >= 15 is 0 Å². The van der Waals surface area contributed by atoms with Gasteiger partial charge in [0.15, 0.2) is 0 Å². The Labute approximate surface area is 101 Å². The topological polar surface area (TPSA) is 18.5 Å². The molecule has 0 amide bonds. The molecule has 2 aliphatic carbocycles. The smallest absolute Gasteiger partial charge is 0.338 e. The summed E-state index contributed by atoms with van der Waals surface area (Å²) in [5.74, 6) is 1.81. The molecule has 0 saturated heterocycles. The number of hydrogen-bond donors (Lipinski definition) is 0. The number of hydrogen-bond acceptors (Lipinski definition) is 2. The highest BCUT2D eigenvalue weighted by Crippen LogP contribution is 2.41. The summed E-state index contributed by atoms with van der Waals surface area (Å²) in [4.78, 5) is 0. The van der Waals surface area contributed by atoms with E-state index in [4.69, 9.17) is 8.85 Å². The summed E-state index contributed by atoms with van der Waals surface area (Å²) in [6, 6.07) is 2.49. The van der Waals surface area contributed by atoms with Crippen LogP contribution in [0.25, 0.3) is 0 Å². The molecule has 2 nitrogen and oxygen atoms in total. The Kier molecular flexibility index (Phi) is 4.45. The maximum absolute atomic E-state index is 5.86. The Morgan fingerprint density at radius 3 is 1.75 bits per heavy atom. The van der Waals surface area contributed by atoms with Crippen molar-refractivity contribution in [1.82, 2.24) is 0 Å². The molecule has 0 aliphatic heterocycles. The largest absolute Gasteiger partial charge is 0.398 e. The highest BCUT2D eigenvalue weighted by molar-refractivity contribution is 6.67. The van der Waals surface area contributed by atoms with Gasteiger partial charge in [0.25, 0.3) is 0 Å². The Hall–Kier alpha value is 0.137. The van der Waals surface area contributed by atoms with Crippen molar-refractivity contribution in [2.45, 2.75) is 57.0 Å². The van der Waals surface area contributed by atoms with Gasteiger partial charge in [-0.25, -0.2) is 0 Å². The van der Waals surface area contributed by atoms with E-state index < -0.39 is 8.56 Å². The molecule has 0 atom stereocenters. The molecular weight excluding hydrogens is 216 g/mol. The molecular formula is C13H26O2Si. The molecule has 0 aromatic rings. The van der Waals surface area contributed by atoms with Crippen molar-refractivity contribution in [1.29, 1.82) is 0 Å². The lowest BCUT2D eigenvalue weighted by Crippen LogP contribution is -2.42. The quantitative estimate of drug-likeness (QED) is 0.661. The Morgan fingerprint density at radius 2 is 1.31 bits per heavy atom. The molecule has 16 heavy (non-hydrogen) atoms. The van der Waals surface area contributed by atoms with Gasteiger partial charge in [0.2, 0.25) is 0 Å². The summed E-state index contributed by atoms with van der Waals surface area (Å²) >= 11 is 0. The van der Waals surface area contributed by atoms with Crippen LogP contribution in [0.4, 0.5) is 0 Å². The van der Waals surface area contributed by atoms with Crippen molar-refractivity contribution in [2.24, 2.45) is 11.8 Å². The van der Waals surface area contributed by atoms with Crippen LogP contribution in [0.3, 0.4) is 0 Å². The predicted octanol–water partition coefficient (Wildman–Crippen LogP) is 3.71. The summed E-state index contributed by atoms with van der Waals surface area (Å²) in [6.07, 6.45) is 9.92. The normalized spacial score (nSPS) is 23.6. The molecule has 94 valence electrons. The summed E-state index contributed by atoms with van der Waals surface area (Å²) in [7, 11) is 1.92. The Balaban J connectivity index is 1.88. The zero-order chi connectivity index (χ0) is 11.4. The van der Waals surface area contributed by atoms with Gasteiger partial charge in [-0.05, 0) is 23.9 Å². The molecule has 0 N–H and O–H groups in total. The van der Waals surface area contributed by atoms with Crippen molar-refractivity contribution >= 4 is 8.56 Å². The second-order valence-electron chi connectivity index (χ2n) is 5.67. The fourth-order valence-electron chi connectivity index (χ4n) is 3.09. The Morgan fingerprint density at radius 1 is 0.812 bits per heavy atom. The van der Waals surface area contributed by atoms with Crippen molar-refractivity contribution in [3.63, 3.8) is 0 Å². The molecule has 0 aromatic heterocycles. The summed E-state index contributed by atoms with van der Waals surface area (Å²) in [5, 5.41) is 0. The van der Waals surface area contributed by atoms with Crippen LogP contribution in [0.15, 0.2) is 0 Å². The zero-order valence-corrected chi connectivity index (χ0v) is 11.8. The maximum atomic E-state index is 5.86. The third-order valence-corrected chi connectivity index (χ3v) is 8.25. The predicted molar refractivity (Wildman–Crippen MR) is 68.7 cm³/mol. The molecule has 3 heteroatoms. The molecule has 0 heterocycles. The van der Waals surface area contributed by atoms with Crippen molar-refractivity contribution in [3.05, 3.63) is 0 Å². The fourth-order valence-corrected chi connectivity index (χ4v) is 6.67. The molecule has 0 radical (unpaired) electrons. The lowest BCUT2D eigenvalue weighted by molar-refractivity contribution is 0.223. The molecule has 2 rings (SSSR count). The van der Waals surface area contributed by atoms with Gasteiger partial charge in [-0.2, -0.15) is 0 Å². The first-order chi connectivity index (χ1) is 7.78. The molecule has 0 spiro atoms. The van der Waals surface area contributed by atoms with Gasteiger partial charge in [-0.3, -0.25) is 0 Å². The molecule has 0 aromatic carbocycles. The van der Waals surface area contributed by atoms with Crippen LogP contribution in [0.1, 0.15) is 44.9 Å². The van der Waals surface area contributed by atoms with Gasteiger partial charge in [0.05, 0.1) is 0 Å². The van der Waals surface area contributed by atoms with E-state index in [1.807, 2.05) is 14.2 Å². The lowest BCUT2D eigenvalue weighted by Gasteiger charge is -2.33. The van der Waals surface area contributed by atoms with E-state index in [1.54, 1.807) is 0 Å². The monoisotopic (exact) mass is 242 g/mol. The average molecular weight is 242 g/mol. The minimum absolute atomic E-state index is 0.888. The molecule has 0 bridgehead atoms. The van der Waals surface area contributed by atoms with Crippen LogP contribution in [0.5, 0.6) is 0 Å². The van der Waals surface area contributed by atoms with Gasteiger partial charge >= 0.3 is 8.56 Å². The molecule has 2 aliphatic rings. The van der Waals surface area contributed by atoms with Crippen LogP contribution in [-0.2, 0) is 8.85 Å². The van der Waals surface area contributed by atoms with Crippen LogP contribution >= 0.6 is 0 Å². The highest BCUT2D eigenvalue weighted by atomic mass is 28.4. The first-order valence-corrected chi connectivity index (χ1v) is 9.11. The molecule has 2 fully saturated rings. The van der Waals surface area contributed by atoms with Crippen molar-refractivity contribution in [2.75, 3.05) is 14.2 Å². The maximum Gasteiger partial charge on any atom is 0.338 e. The SMILES string of the molecule is CO[Si](CC1CCCCC1)(CC1CC1)OC. The Bertz CT molecular complexity index is 206. The van der Waals surface area contributed by atoms with Gasteiger partial charge in [0.1, 0.15) is 0 Å². The van der Waals surface area contributed by atoms with E-state index in [9.17, 15) is 0 Å². The highest BCUT2D eigenvalue weighted by Gasteiger charge is 2.43. The molecule has 0 unspecified atom stereocenters. The second kappa shape index (κ2) is 5.65. The summed E-state index contributed by atoms with van der Waals surface area (Å²) < 4.78 is 11.7. The molecule has 2 saturated carbocycles. The zero-order valence-electron chi connectivity index (χ0n) is 10.8. The van der Waals surface area contributed by atoms with Crippen LogP contribution in [0.2, 0.25) is 12.1 Å². The van der Waals surface area contributed by atoms with Crippen LogP contribution in [0, 0.1) is 11.8 Å².